The Labute approximate surface area is 204 Å². The van der Waals surface area contributed by atoms with Crippen molar-refractivity contribution in [3.8, 4) is 5.75 Å². The SMILES string of the molecule is COc1cc(N2CCN(C)CC2)c2oc(C(=O)Nc3ccc(N4CCNCC4)cc3)cc(=O)c2c1. The second-order valence-electron chi connectivity index (χ2n) is 9.03. The lowest BCUT2D eigenvalue weighted by molar-refractivity contribution is 0.0997. The van der Waals surface area contributed by atoms with E-state index < -0.39 is 5.91 Å². The van der Waals surface area contributed by atoms with Gasteiger partial charge in [-0.05, 0) is 37.4 Å². The second-order valence-corrected chi connectivity index (χ2v) is 9.03. The van der Waals surface area contributed by atoms with E-state index in [1.54, 1.807) is 13.2 Å². The Morgan fingerprint density at radius 1 is 0.971 bits per heavy atom. The quantitative estimate of drug-likeness (QED) is 0.578. The van der Waals surface area contributed by atoms with Crippen LogP contribution in [-0.4, -0.2) is 77.3 Å². The minimum absolute atomic E-state index is 0.0192. The first-order valence-corrected chi connectivity index (χ1v) is 12.0. The minimum Gasteiger partial charge on any atom is -0.497 e. The fourth-order valence-corrected chi connectivity index (χ4v) is 4.60. The number of anilines is 3. The molecule has 2 aromatic carbocycles. The van der Waals surface area contributed by atoms with E-state index in [9.17, 15) is 9.59 Å². The number of fused-ring (bicyclic) bond motifs is 1. The van der Waals surface area contributed by atoms with E-state index in [1.165, 1.54) is 6.07 Å². The van der Waals surface area contributed by atoms with Crippen molar-refractivity contribution in [2.24, 2.45) is 0 Å². The van der Waals surface area contributed by atoms with Gasteiger partial charge in [-0.15, -0.1) is 0 Å². The van der Waals surface area contributed by atoms with E-state index in [4.69, 9.17) is 9.15 Å². The zero-order valence-electron chi connectivity index (χ0n) is 20.2. The number of ether oxygens (including phenoxy) is 1. The number of nitrogens with zero attached hydrogens (tertiary/aromatic N) is 3. The van der Waals surface area contributed by atoms with Crippen molar-refractivity contribution in [2.45, 2.75) is 0 Å². The first-order valence-electron chi connectivity index (χ1n) is 12.0. The molecule has 0 saturated carbocycles. The van der Waals surface area contributed by atoms with Gasteiger partial charge in [0.15, 0.2) is 16.8 Å². The number of hydrogen-bond acceptors (Lipinski definition) is 8. The van der Waals surface area contributed by atoms with Gasteiger partial charge in [0.1, 0.15) is 5.75 Å². The van der Waals surface area contributed by atoms with E-state index in [0.29, 0.717) is 22.4 Å². The molecule has 2 fully saturated rings. The van der Waals surface area contributed by atoms with Crippen LogP contribution >= 0.6 is 0 Å². The molecule has 184 valence electrons. The topological polar surface area (TPSA) is 90.3 Å². The summed E-state index contributed by atoms with van der Waals surface area (Å²) in [6, 6.07) is 12.5. The zero-order valence-corrected chi connectivity index (χ0v) is 20.2. The zero-order chi connectivity index (χ0) is 24.4. The monoisotopic (exact) mass is 477 g/mol. The van der Waals surface area contributed by atoms with Crippen molar-refractivity contribution in [1.29, 1.82) is 0 Å². The summed E-state index contributed by atoms with van der Waals surface area (Å²) in [6.07, 6.45) is 0. The van der Waals surface area contributed by atoms with Gasteiger partial charge in [0.2, 0.25) is 0 Å². The molecule has 3 aromatic rings. The second kappa shape index (κ2) is 9.97. The third-order valence-corrected chi connectivity index (χ3v) is 6.69. The van der Waals surface area contributed by atoms with E-state index in [1.807, 2.05) is 30.3 Å². The first-order chi connectivity index (χ1) is 17.0. The maximum Gasteiger partial charge on any atom is 0.291 e. The molecule has 9 nitrogen and oxygen atoms in total. The summed E-state index contributed by atoms with van der Waals surface area (Å²) >= 11 is 0. The van der Waals surface area contributed by atoms with Gasteiger partial charge in [-0.3, -0.25) is 9.59 Å². The van der Waals surface area contributed by atoms with Gasteiger partial charge in [0.05, 0.1) is 18.2 Å². The van der Waals surface area contributed by atoms with Crippen molar-refractivity contribution < 1.29 is 13.9 Å². The number of carbonyl (C=O) groups excluding carboxylic acids is 1. The van der Waals surface area contributed by atoms with Gasteiger partial charge in [0.25, 0.3) is 5.91 Å². The summed E-state index contributed by atoms with van der Waals surface area (Å²) in [6.45, 7) is 7.20. The highest BCUT2D eigenvalue weighted by Crippen LogP contribution is 2.32. The van der Waals surface area contributed by atoms with Crippen LogP contribution in [0.2, 0.25) is 0 Å². The number of amides is 1. The molecular formula is C26H31N5O4. The Kier molecular flexibility index (Phi) is 6.61. The fraction of sp³-hybridized carbons (Fsp3) is 0.385. The van der Waals surface area contributed by atoms with Crippen LogP contribution in [0.4, 0.5) is 17.1 Å². The molecule has 2 saturated heterocycles. The molecule has 5 rings (SSSR count). The summed E-state index contributed by atoms with van der Waals surface area (Å²) in [5.41, 5.74) is 2.65. The molecule has 0 radical (unpaired) electrons. The number of carbonyl (C=O) groups is 1. The van der Waals surface area contributed by atoms with Crippen LogP contribution < -0.4 is 30.6 Å². The molecule has 2 aliphatic heterocycles. The highest BCUT2D eigenvalue weighted by molar-refractivity contribution is 6.03. The molecule has 2 N–H and O–H groups in total. The van der Waals surface area contributed by atoms with Crippen molar-refractivity contribution in [3.63, 3.8) is 0 Å². The number of piperazine rings is 2. The van der Waals surface area contributed by atoms with E-state index in [2.05, 4.69) is 32.4 Å². The third-order valence-electron chi connectivity index (χ3n) is 6.69. The third kappa shape index (κ3) is 4.96. The largest absolute Gasteiger partial charge is 0.497 e. The Bertz CT molecular complexity index is 1260. The summed E-state index contributed by atoms with van der Waals surface area (Å²) in [5, 5.41) is 6.60. The summed E-state index contributed by atoms with van der Waals surface area (Å²) in [4.78, 5) is 32.8. The van der Waals surface area contributed by atoms with Crippen LogP contribution in [0.3, 0.4) is 0 Å². The molecule has 0 bridgehead atoms. The molecule has 2 aliphatic rings. The average molecular weight is 478 g/mol. The van der Waals surface area contributed by atoms with Crippen LogP contribution in [0.25, 0.3) is 11.0 Å². The molecule has 35 heavy (non-hydrogen) atoms. The van der Waals surface area contributed by atoms with Gasteiger partial charge < -0.3 is 34.5 Å². The highest BCUT2D eigenvalue weighted by Gasteiger charge is 2.22. The predicted octanol–water partition coefficient (Wildman–Crippen LogP) is 2.22. The van der Waals surface area contributed by atoms with E-state index in [-0.39, 0.29) is 11.2 Å². The van der Waals surface area contributed by atoms with Gasteiger partial charge in [-0.1, -0.05) is 0 Å². The van der Waals surface area contributed by atoms with Crippen LogP contribution in [0, 0.1) is 0 Å². The molecule has 1 amide bonds. The molecule has 0 atom stereocenters. The molecule has 0 aliphatic carbocycles. The van der Waals surface area contributed by atoms with Gasteiger partial charge >= 0.3 is 0 Å². The van der Waals surface area contributed by atoms with Crippen LogP contribution in [0.15, 0.2) is 51.7 Å². The Morgan fingerprint density at radius 3 is 2.37 bits per heavy atom. The maximum absolute atomic E-state index is 13.0. The summed E-state index contributed by atoms with van der Waals surface area (Å²) in [7, 11) is 3.66. The lowest BCUT2D eigenvalue weighted by Crippen LogP contribution is -2.44. The molecule has 3 heterocycles. The summed E-state index contributed by atoms with van der Waals surface area (Å²) in [5.74, 6) is 0.105. The lowest BCUT2D eigenvalue weighted by Gasteiger charge is -2.34. The van der Waals surface area contributed by atoms with Crippen molar-refractivity contribution >= 4 is 33.9 Å². The molecular weight excluding hydrogens is 446 g/mol. The lowest BCUT2D eigenvalue weighted by atomic mass is 10.1. The van der Waals surface area contributed by atoms with Crippen LogP contribution in [0.5, 0.6) is 5.75 Å². The normalized spacial score (nSPS) is 17.0. The summed E-state index contributed by atoms with van der Waals surface area (Å²) < 4.78 is 11.5. The van der Waals surface area contributed by atoms with Gasteiger partial charge in [0, 0.05) is 75.9 Å². The Balaban J connectivity index is 1.42. The number of benzene rings is 2. The number of likely N-dealkylation sites (N-methyl/N-ethyl adjacent to an activating group) is 1. The number of rotatable bonds is 5. The highest BCUT2D eigenvalue weighted by atomic mass is 16.5. The molecule has 0 unspecified atom stereocenters. The fourth-order valence-electron chi connectivity index (χ4n) is 4.60. The Morgan fingerprint density at radius 2 is 1.69 bits per heavy atom. The Hall–Kier alpha value is -3.56. The predicted molar refractivity (Wildman–Crippen MR) is 138 cm³/mol. The first kappa shape index (κ1) is 23.2. The number of methoxy groups -OCH3 is 1. The minimum atomic E-state index is -0.459. The molecule has 1 aromatic heterocycles. The van der Waals surface area contributed by atoms with Gasteiger partial charge in [-0.2, -0.15) is 0 Å². The molecule has 0 spiro atoms. The standard InChI is InChI=1S/C26H31N5O4/c1-29-11-13-31(14-12-29)22-16-20(34-2)15-21-23(32)17-24(35-25(21)22)26(33)28-18-3-5-19(6-4-18)30-9-7-27-8-10-30/h3-6,15-17,27H,7-14H2,1-2H3,(H,28,33). The van der Waals surface area contributed by atoms with Crippen LogP contribution in [0.1, 0.15) is 10.6 Å². The van der Waals surface area contributed by atoms with E-state index >= 15 is 0 Å². The number of nitrogens with one attached hydrogen (secondary N) is 2. The van der Waals surface area contributed by atoms with Crippen molar-refractivity contribution in [1.82, 2.24) is 10.2 Å². The van der Waals surface area contributed by atoms with Gasteiger partial charge in [-0.25, -0.2) is 0 Å². The smallest absolute Gasteiger partial charge is 0.291 e. The molecule has 9 heteroatoms. The van der Waals surface area contributed by atoms with E-state index in [0.717, 1.165) is 63.7 Å². The van der Waals surface area contributed by atoms with Crippen molar-refractivity contribution in [2.75, 3.05) is 81.6 Å². The van der Waals surface area contributed by atoms with Crippen molar-refractivity contribution in [3.05, 3.63) is 58.4 Å². The maximum atomic E-state index is 13.0. The van der Waals surface area contributed by atoms with Crippen LogP contribution in [-0.2, 0) is 0 Å². The average Bonchev–Trinajstić information content (AvgIpc) is 2.89. The number of hydrogen-bond donors (Lipinski definition) is 2.